The van der Waals surface area contributed by atoms with Gasteiger partial charge in [-0.2, -0.15) is 0 Å². The number of piperidine rings is 1. The van der Waals surface area contributed by atoms with Gasteiger partial charge in [0.1, 0.15) is 5.75 Å². The first kappa shape index (κ1) is 13.4. The zero-order chi connectivity index (χ0) is 13.0. The molecular weight excluding hydrogens is 224 g/mol. The molecule has 18 heavy (non-hydrogen) atoms. The smallest absolute Gasteiger partial charge is 0.118 e. The number of rotatable bonds is 4. The molecule has 3 heteroatoms. The van der Waals surface area contributed by atoms with Gasteiger partial charge in [0.2, 0.25) is 0 Å². The molecule has 2 rings (SSSR count). The van der Waals surface area contributed by atoms with Crippen LogP contribution in [0.2, 0.25) is 0 Å². The Morgan fingerprint density at radius 3 is 2.39 bits per heavy atom. The number of methoxy groups -OCH3 is 1. The minimum Gasteiger partial charge on any atom is -0.497 e. The fraction of sp³-hybridized carbons (Fsp3) is 0.600. The van der Waals surface area contributed by atoms with Crippen LogP contribution in [0.15, 0.2) is 24.3 Å². The van der Waals surface area contributed by atoms with Gasteiger partial charge in [0.25, 0.3) is 0 Å². The molecule has 1 fully saturated rings. The van der Waals surface area contributed by atoms with Crippen molar-refractivity contribution in [1.29, 1.82) is 0 Å². The second-order valence-electron chi connectivity index (χ2n) is 5.07. The Hall–Kier alpha value is -1.06. The van der Waals surface area contributed by atoms with Crippen LogP contribution in [0, 0.1) is 0 Å². The second-order valence-corrected chi connectivity index (χ2v) is 5.07. The zero-order valence-corrected chi connectivity index (χ0v) is 11.4. The zero-order valence-electron chi connectivity index (χ0n) is 11.4. The molecule has 0 spiro atoms. The molecule has 100 valence electrons. The van der Waals surface area contributed by atoms with Gasteiger partial charge >= 0.3 is 0 Å². The SMILES string of the molecule is CCC(c1ccc(OC)cc1)N1CCC(N)CC1. The van der Waals surface area contributed by atoms with Gasteiger partial charge in [0, 0.05) is 25.2 Å². The highest BCUT2D eigenvalue weighted by atomic mass is 16.5. The first-order chi connectivity index (χ1) is 8.74. The standard InChI is InChI=1S/C15H24N2O/c1-3-15(17-10-8-13(16)9-11-17)12-4-6-14(18-2)7-5-12/h4-7,13,15H,3,8-11,16H2,1-2H3. The summed E-state index contributed by atoms with van der Waals surface area (Å²) < 4.78 is 5.21. The van der Waals surface area contributed by atoms with Crippen LogP contribution < -0.4 is 10.5 Å². The number of nitrogens with zero attached hydrogens (tertiary/aromatic N) is 1. The summed E-state index contributed by atoms with van der Waals surface area (Å²) in [6.07, 6.45) is 3.38. The van der Waals surface area contributed by atoms with E-state index in [0.29, 0.717) is 12.1 Å². The van der Waals surface area contributed by atoms with Crippen molar-refractivity contribution in [3.63, 3.8) is 0 Å². The molecule has 1 heterocycles. The summed E-state index contributed by atoms with van der Waals surface area (Å²) in [4.78, 5) is 2.56. The maximum atomic E-state index is 5.97. The van der Waals surface area contributed by atoms with Gasteiger partial charge in [-0.15, -0.1) is 0 Å². The van der Waals surface area contributed by atoms with Crippen molar-refractivity contribution in [3.8, 4) is 5.75 Å². The summed E-state index contributed by atoms with van der Waals surface area (Å²) in [6, 6.07) is 9.38. The molecule has 0 aliphatic carbocycles. The Morgan fingerprint density at radius 1 is 1.28 bits per heavy atom. The molecule has 1 aromatic carbocycles. The molecule has 1 aromatic rings. The lowest BCUT2D eigenvalue weighted by molar-refractivity contribution is 0.149. The maximum Gasteiger partial charge on any atom is 0.118 e. The molecule has 0 aromatic heterocycles. The monoisotopic (exact) mass is 248 g/mol. The van der Waals surface area contributed by atoms with Crippen molar-refractivity contribution in [3.05, 3.63) is 29.8 Å². The maximum absolute atomic E-state index is 5.97. The highest BCUT2D eigenvalue weighted by Crippen LogP contribution is 2.28. The first-order valence-electron chi connectivity index (χ1n) is 6.88. The van der Waals surface area contributed by atoms with E-state index in [4.69, 9.17) is 10.5 Å². The van der Waals surface area contributed by atoms with Crippen LogP contribution in [-0.4, -0.2) is 31.1 Å². The van der Waals surface area contributed by atoms with Crippen LogP contribution in [-0.2, 0) is 0 Å². The normalized spacial score (nSPS) is 19.7. The molecule has 0 bridgehead atoms. The van der Waals surface area contributed by atoms with E-state index in [1.165, 1.54) is 5.56 Å². The van der Waals surface area contributed by atoms with E-state index in [1.807, 2.05) is 12.1 Å². The van der Waals surface area contributed by atoms with Crippen LogP contribution >= 0.6 is 0 Å². The van der Waals surface area contributed by atoms with Crippen LogP contribution in [0.3, 0.4) is 0 Å². The highest BCUT2D eigenvalue weighted by Gasteiger charge is 2.23. The van der Waals surface area contributed by atoms with Crippen LogP contribution in [0.5, 0.6) is 5.75 Å². The molecule has 1 aliphatic rings. The Morgan fingerprint density at radius 2 is 1.89 bits per heavy atom. The van der Waals surface area contributed by atoms with E-state index in [2.05, 4.69) is 24.0 Å². The largest absolute Gasteiger partial charge is 0.497 e. The fourth-order valence-corrected chi connectivity index (χ4v) is 2.76. The summed E-state index contributed by atoms with van der Waals surface area (Å²) >= 11 is 0. The summed E-state index contributed by atoms with van der Waals surface area (Å²) in [7, 11) is 1.71. The predicted octanol–water partition coefficient (Wildman–Crippen LogP) is 2.57. The third-order valence-corrected chi connectivity index (χ3v) is 3.90. The lowest BCUT2D eigenvalue weighted by Crippen LogP contribution is -2.41. The average molecular weight is 248 g/mol. The molecule has 1 saturated heterocycles. The van der Waals surface area contributed by atoms with E-state index < -0.39 is 0 Å². The van der Waals surface area contributed by atoms with Crippen LogP contribution in [0.1, 0.15) is 37.8 Å². The van der Waals surface area contributed by atoms with E-state index >= 15 is 0 Å². The minimum atomic E-state index is 0.398. The number of ether oxygens (including phenoxy) is 1. The molecule has 1 unspecified atom stereocenters. The van der Waals surface area contributed by atoms with E-state index in [9.17, 15) is 0 Å². The van der Waals surface area contributed by atoms with Crippen LogP contribution in [0.25, 0.3) is 0 Å². The molecule has 0 amide bonds. The van der Waals surface area contributed by atoms with Gasteiger partial charge < -0.3 is 10.5 Å². The van der Waals surface area contributed by atoms with Gasteiger partial charge in [-0.1, -0.05) is 19.1 Å². The van der Waals surface area contributed by atoms with E-state index in [1.54, 1.807) is 7.11 Å². The van der Waals surface area contributed by atoms with Crippen molar-refractivity contribution in [2.75, 3.05) is 20.2 Å². The first-order valence-corrected chi connectivity index (χ1v) is 6.88. The van der Waals surface area contributed by atoms with Crippen molar-refractivity contribution < 1.29 is 4.74 Å². The summed E-state index contributed by atoms with van der Waals surface area (Å²) in [6.45, 7) is 4.49. The Bertz CT molecular complexity index is 355. The average Bonchev–Trinajstić information content (AvgIpc) is 2.42. The Labute approximate surface area is 110 Å². The fourth-order valence-electron chi connectivity index (χ4n) is 2.76. The number of likely N-dealkylation sites (tertiary alicyclic amines) is 1. The summed E-state index contributed by atoms with van der Waals surface area (Å²) in [5.41, 5.74) is 7.36. The highest BCUT2D eigenvalue weighted by molar-refractivity contribution is 5.29. The predicted molar refractivity (Wildman–Crippen MR) is 74.8 cm³/mol. The molecule has 0 saturated carbocycles. The topological polar surface area (TPSA) is 38.5 Å². The van der Waals surface area contributed by atoms with Gasteiger partial charge in [-0.25, -0.2) is 0 Å². The lowest BCUT2D eigenvalue weighted by Gasteiger charge is -2.36. The second kappa shape index (κ2) is 6.21. The number of nitrogens with two attached hydrogens (primary N) is 1. The van der Waals surface area contributed by atoms with Gasteiger partial charge in [-0.05, 0) is 37.0 Å². The van der Waals surface area contributed by atoms with E-state index in [-0.39, 0.29) is 0 Å². The van der Waals surface area contributed by atoms with Crippen molar-refractivity contribution >= 4 is 0 Å². The molecule has 3 nitrogen and oxygen atoms in total. The molecule has 1 aliphatic heterocycles. The van der Waals surface area contributed by atoms with Gasteiger partial charge in [-0.3, -0.25) is 4.90 Å². The lowest BCUT2D eigenvalue weighted by atomic mass is 9.98. The molecule has 1 atom stereocenters. The van der Waals surface area contributed by atoms with Gasteiger partial charge in [0.05, 0.1) is 7.11 Å². The van der Waals surface area contributed by atoms with Crippen LogP contribution in [0.4, 0.5) is 0 Å². The van der Waals surface area contributed by atoms with Gasteiger partial charge in [0.15, 0.2) is 0 Å². The minimum absolute atomic E-state index is 0.398. The number of hydrogen-bond donors (Lipinski definition) is 1. The van der Waals surface area contributed by atoms with Crippen molar-refractivity contribution in [1.82, 2.24) is 4.90 Å². The Kier molecular flexibility index (Phi) is 4.61. The summed E-state index contributed by atoms with van der Waals surface area (Å²) in [5, 5.41) is 0. The number of benzene rings is 1. The van der Waals surface area contributed by atoms with E-state index in [0.717, 1.165) is 38.1 Å². The third kappa shape index (κ3) is 3.03. The molecular formula is C15H24N2O. The Balaban J connectivity index is 2.07. The summed E-state index contributed by atoms with van der Waals surface area (Å²) in [5.74, 6) is 0.925. The van der Waals surface area contributed by atoms with Crippen molar-refractivity contribution in [2.45, 2.75) is 38.3 Å². The quantitative estimate of drug-likeness (QED) is 0.890. The van der Waals surface area contributed by atoms with Crippen molar-refractivity contribution in [2.24, 2.45) is 5.73 Å². The molecule has 0 radical (unpaired) electrons. The third-order valence-electron chi connectivity index (χ3n) is 3.90. The molecule has 2 N–H and O–H groups in total. The number of hydrogen-bond acceptors (Lipinski definition) is 3.